The van der Waals surface area contributed by atoms with Crippen LogP contribution >= 0.6 is 0 Å². The topological polar surface area (TPSA) is 49.3 Å². The van der Waals surface area contributed by atoms with Gasteiger partial charge in [-0.3, -0.25) is 4.79 Å². The number of nitrogens with one attached hydrogen (secondary N) is 1. The summed E-state index contributed by atoms with van der Waals surface area (Å²) in [4.78, 5) is 9.54. The molecule has 3 heteroatoms. The minimum atomic E-state index is -0.822. The Morgan fingerprint density at radius 2 is 2.50 bits per heavy atom. The lowest BCUT2D eigenvalue weighted by Crippen LogP contribution is -2.16. The van der Waals surface area contributed by atoms with Crippen molar-refractivity contribution in [1.29, 1.82) is 0 Å². The summed E-state index contributed by atoms with van der Waals surface area (Å²) in [6.45, 7) is 0.0417. The van der Waals surface area contributed by atoms with Gasteiger partial charge in [0.1, 0.15) is 0 Å². The van der Waals surface area contributed by atoms with Crippen LogP contribution in [0.3, 0.4) is 0 Å². The molecule has 0 fully saturated rings. The van der Waals surface area contributed by atoms with Crippen molar-refractivity contribution in [3.63, 3.8) is 0 Å². The first kappa shape index (κ1) is 5.43. The summed E-state index contributed by atoms with van der Waals surface area (Å²) in [5.41, 5.74) is 0. The Bertz CT molecular complexity index is 52.8. The Balaban J connectivity index is 2.83. The molecule has 0 bridgehead atoms. The number of carboxylic acid groups (broad SMARTS) is 1. The van der Waals surface area contributed by atoms with E-state index in [1.165, 1.54) is 0 Å². The number of carbonyl (C=O) groups is 1. The van der Waals surface area contributed by atoms with E-state index in [1.807, 2.05) is 0 Å². The van der Waals surface area contributed by atoms with Crippen LogP contribution in [0.15, 0.2) is 0 Å². The van der Waals surface area contributed by atoms with E-state index in [4.69, 9.17) is 5.11 Å². The molecular weight excluding hydrogens is 81.0 g/mol. The van der Waals surface area contributed by atoms with Gasteiger partial charge >= 0.3 is 5.97 Å². The van der Waals surface area contributed by atoms with Gasteiger partial charge in [-0.15, -0.1) is 0 Å². The van der Waals surface area contributed by atoms with Crippen LogP contribution in [0.1, 0.15) is 0 Å². The van der Waals surface area contributed by atoms with E-state index in [-0.39, 0.29) is 6.54 Å². The second-order valence-electron chi connectivity index (χ2n) is 0.924. The highest BCUT2D eigenvalue weighted by Crippen LogP contribution is 1.50. The van der Waals surface area contributed by atoms with Gasteiger partial charge in [0.05, 0.1) is 6.54 Å². The molecular formula is C3H7NO2. The Labute approximate surface area is 36.0 Å². The fourth-order valence-corrected chi connectivity index (χ4v) is 0.151. The molecule has 0 aromatic heterocycles. The maximum atomic E-state index is 9.54. The third-order valence-electron chi connectivity index (χ3n) is 0.328. The predicted molar refractivity (Wildman–Crippen MR) is 21.6 cm³/mol. The Kier molecular flexibility index (Phi) is 2.40. The fraction of sp³-hybridized carbons (Fsp3) is 0.667. The van der Waals surface area contributed by atoms with E-state index in [0.29, 0.717) is 0 Å². The lowest BCUT2D eigenvalue weighted by Gasteiger charge is -1.84. The first-order valence-electron chi connectivity index (χ1n) is 1.63. The van der Waals surface area contributed by atoms with Crippen molar-refractivity contribution in [2.75, 3.05) is 13.6 Å². The van der Waals surface area contributed by atoms with E-state index in [0.717, 1.165) is 0 Å². The Morgan fingerprint density at radius 1 is 2.00 bits per heavy atom. The van der Waals surface area contributed by atoms with Crippen molar-refractivity contribution in [2.45, 2.75) is 0 Å². The minimum Gasteiger partial charge on any atom is -0.480 e. The molecule has 2 N–H and O–H groups in total. The SMILES string of the molecule is CNC[11C](=O)O. The van der Waals surface area contributed by atoms with E-state index >= 15 is 0 Å². The van der Waals surface area contributed by atoms with Crippen LogP contribution in [0, 0.1) is 0 Å². The second kappa shape index (κ2) is 2.66. The fourth-order valence-electron chi connectivity index (χ4n) is 0.151. The summed E-state index contributed by atoms with van der Waals surface area (Å²) < 4.78 is 0. The van der Waals surface area contributed by atoms with Crippen LogP contribution in [0.4, 0.5) is 0 Å². The number of hydrogen-bond acceptors (Lipinski definition) is 2. The summed E-state index contributed by atoms with van der Waals surface area (Å²) in [5.74, 6) is -0.822. The summed E-state index contributed by atoms with van der Waals surface area (Å²) in [5, 5.41) is 10.3. The molecule has 0 heterocycles. The van der Waals surface area contributed by atoms with Crippen LogP contribution in [-0.2, 0) is 4.79 Å². The summed E-state index contributed by atoms with van der Waals surface area (Å²) >= 11 is 0. The van der Waals surface area contributed by atoms with Crippen molar-refractivity contribution in [3.8, 4) is 0 Å². The Morgan fingerprint density at radius 3 is 2.50 bits per heavy atom. The van der Waals surface area contributed by atoms with Gasteiger partial charge in [-0.05, 0) is 7.05 Å². The van der Waals surface area contributed by atoms with E-state index in [9.17, 15) is 4.79 Å². The number of likely N-dealkylation sites (N-methyl/N-ethyl adjacent to an activating group) is 1. The van der Waals surface area contributed by atoms with E-state index in [2.05, 4.69) is 5.32 Å². The molecule has 0 atom stereocenters. The molecule has 0 aromatic carbocycles. The molecule has 3 nitrogen and oxygen atoms in total. The van der Waals surface area contributed by atoms with E-state index in [1.54, 1.807) is 7.05 Å². The van der Waals surface area contributed by atoms with Gasteiger partial charge in [0.2, 0.25) is 0 Å². The maximum Gasteiger partial charge on any atom is 0.317 e. The summed E-state index contributed by atoms with van der Waals surface area (Å²) in [6.07, 6.45) is 0. The molecule has 0 saturated heterocycles. The molecule has 0 unspecified atom stereocenters. The third kappa shape index (κ3) is 3.43. The van der Waals surface area contributed by atoms with Crippen molar-refractivity contribution >= 4 is 5.97 Å². The van der Waals surface area contributed by atoms with Crippen LogP contribution < -0.4 is 5.32 Å². The summed E-state index contributed by atoms with van der Waals surface area (Å²) in [6, 6.07) is 0. The smallest absolute Gasteiger partial charge is 0.317 e. The minimum absolute atomic E-state index is 0.0417. The summed E-state index contributed by atoms with van der Waals surface area (Å²) in [7, 11) is 1.59. The highest BCUT2D eigenvalue weighted by atomic mass is 16.3. The average Bonchev–Trinajstić information content (AvgIpc) is 1.35. The van der Waals surface area contributed by atoms with Crippen molar-refractivity contribution < 1.29 is 9.90 Å². The zero-order valence-electron chi connectivity index (χ0n) is 3.56. The number of carboxylic acids is 1. The lowest BCUT2D eigenvalue weighted by atomic mass is 10.1. The molecule has 0 rings (SSSR count). The van der Waals surface area contributed by atoms with E-state index < -0.39 is 5.97 Å². The number of rotatable bonds is 2. The average molecular weight is 88.1 g/mol. The van der Waals surface area contributed by atoms with Crippen molar-refractivity contribution in [3.05, 3.63) is 0 Å². The standard InChI is InChI=1S/C3H7NO2/c1-4-2-3(5)6/h4H,2H2,1H3,(H,5,6)/i3-1. The quantitative estimate of drug-likeness (QED) is 0.469. The van der Waals surface area contributed by atoms with Gasteiger partial charge < -0.3 is 10.4 Å². The van der Waals surface area contributed by atoms with Crippen LogP contribution in [0.5, 0.6) is 0 Å². The van der Waals surface area contributed by atoms with Crippen LogP contribution in [0.2, 0.25) is 0 Å². The molecule has 0 aliphatic heterocycles. The zero-order chi connectivity index (χ0) is 4.99. The molecule has 0 saturated carbocycles. The second-order valence-corrected chi connectivity index (χ2v) is 0.924. The number of hydrogen-bond donors (Lipinski definition) is 2. The van der Waals surface area contributed by atoms with Crippen molar-refractivity contribution in [1.82, 2.24) is 5.32 Å². The Hall–Kier alpha value is -0.570. The molecule has 0 aliphatic carbocycles. The van der Waals surface area contributed by atoms with Gasteiger partial charge in [-0.2, -0.15) is 0 Å². The highest BCUT2D eigenvalue weighted by molar-refractivity contribution is 5.68. The van der Waals surface area contributed by atoms with Gasteiger partial charge in [0, 0.05) is 0 Å². The normalized spacial score (nSPS) is 8.17. The molecule has 0 aliphatic rings. The number of aliphatic carboxylic acids is 1. The molecule has 0 aromatic rings. The zero-order valence-corrected chi connectivity index (χ0v) is 3.56. The third-order valence-corrected chi connectivity index (χ3v) is 0.328. The monoisotopic (exact) mass is 88.1 g/mol. The first-order valence-corrected chi connectivity index (χ1v) is 1.63. The van der Waals surface area contributed by atoms with Gasteiger partial charge in [0.15, 0.2) is 0 Å². The maximum absolute atomic E-state index is 9.54. The van der Waals surface area contributed by atoms with Crippen LogP contribution in [0.25, 0.3) is 0 Å². The predicted octanol–water partition coefficient (Wildman–Crippen LogP) is -0.710. The van der Waals surface area contributed by atoms with Gasteiger partial charge in [-0.25, -0.2) is 0 Å². The molecule has 36 valence electrons. The first-order chi connectivity index (χ1) is 2.77. The largest absolute Gasteiger partial charge is 0.480 e. The lowest BCUT2D eigenvalue weighted by molar-refractivity contribution is -0.135. The molecule has 0 radical (unpaired) electrons. The van der Waals surface area contributed by atoms with Crippen LogP contribution in [-0.4, -0.2) is 24.7 Å². The molecule has 0 amide bonds. The highest BCUT2D eigenvalue weighted by Gasteiger charge is 1.86. The van der Waals surface area contributed by atoms with Gasteiger partial charge in [0.25, 0.3) is 0 Å². The van der Waals surface area contributed by atoms with Gasteiger partial charge in [-0.1, -0.05) is 0 Å². The van der Waals surface area contributed by atoms with Crippen molar-refractivity contribution in [2.24, 2.45) is 0 Å². The molecule has 0 spiro atoms. The molecule has 6 heavy (non-hydrogen) atoms.